The van der Waals surface area contributed by atoms with Crippen LogP contribution in [0.1, 0.15) is 11.1 Å². The number of benzene rings is 3. The zero-order valence-electron chi connectivity index (χ0n) is 16.3. The quantitative estimate of drug-likeness (QED) is 0.280. The Labute approximate surface area is 189 Å². The number of halogens is 2. The van der Waals surface area contributed by atoms with Crippen molar-refractivity contribution in [3.8, 4) is 6.07 Å². The first-order chi connectivity index (χ1) is 15.0. The van der Waals surface area contributed by atoms with E-state index in [9.17, 15) is 10.1 Å². The molecule has 0 radical (unpaired) electrons. The van der Waals surface area contributed by atoms with E-state index >= 15 is 0 Å². The van der Waals surface area contributed by atoms with Gasteiger partial charge in [-0.1, -0.05) is 65.7 Å². The molecule has 1 N–H and O–H groups in total. The minimum absolute atomic E-state index is 0.0290. The molecule has 1 amide bonds. The summed E-state index contributed by atoms with van der Waals surface area (Å²) in [7, 11) is 0. The Morgan fingerprint density at radius 1 is 1.00 bits per heavy atom. The summed E-state index contributed by atoms with van der Waals surface area (Å²) in [6, 6.07) is 24.4. The summed E-state index contributed by atoms with van der Waals surface area (Å²) in [5.74, 6) is -0.449. The molecule has 4 nitrogen and oxygen atoms in total. The van der Waals surface area contributed by atoms with Crippen molar-refractivity contribution >= 4 is 51.8 Å². The van der Waals surface area contributed by atoms with Crippen LogP contribution in [0.15, 0.2) is 84.6 Å². The lowest BCUT2D eigenvalue weighted by molar-refractivity contribution is -0.112. The third kappa shape index (κ3) is 4.64. The van der Waals surface area contributed by atoms with E-state index in [0.29, 0.717) is 22.3 Å². The van der Waals surface area contributed by atoms with E-state index in [4.69, 9.17) is 23.2 Å². The zero-order valence-corrected chi connectivity index (χ0v) is 17.9. The van der Waals surface area contributed by atoms with E-state index in [0.717, 1.165) is 22.0 Å². The molecule has 4 rings (SSSR count). The fraction of sp³-hybridized carbons (Fsp3) is 0.0400. The molecular weight excluding hydrogens is 429 g/mol. The first kappa shape index (κ1) is 20.7. The highest BCUT2D eigenvalue weighted by Gasteiger charge is 2.13. The molecule has 1 aromatic heterocycles. The van der Waals surface area contributed by atoms with Crippen LogP contribution >= 0.6 is 23.2 Å². The number of nitriles is 1. The van der Waals surface area contributed by atoms with Gasteiger partial charge < -0.3 is 9.88 Å². The number of rotatable bonds is 5. The van der Waals surface area contributed by atoms with Crippen molar-refractivity contribution in [3.05, 3.63) is 106 Å². The molecule has 0 saturated heterocycles. The predicted octanol–water partition coefficient (Wildman–Crippen LogP) is 6.54. The Morgan fingerprint density at radius 2 is 1.74 bits per heavy atom. The maximum atomic E-state index is 12.6. The molecule has 0 unspecified atom stereocenters. The summed E-state index contributed by atoms with van der Waals surface area (Å²) >= 11 is 12.2. The topological polar surface area (TPSA) is 57.8 Å². The van der Waals surface area contributed by atoms with Crippen molar-refractivity contribution in [3.63, 3.8) is 0 Å². The van der Waals surface area contributed by atoms with Gasteiger partial charge >= 0.3 is 0 Å². The first-order valence-corrected chi connectivity index (χ1v) is 10.3. The van der Waals surface area contributed by atoms with Gasteiger partial charge in [-0.15, -0.1) is 0 Å². The third-order valence-electron chi connectivity index (χ3n) is 4.85. The predicted molar refractivity (Wildman–Crippen MR) is 126 cm³/mol. The lowest BCUT2D eigenvalue weighted by Gasteiger charge is -2.06. The van der Waals surface area contributed by atoms with E-state index in [2.05, 4.69) is 9.88 Å². The summed E-state index contributed by atoms with van der Waals surface area (Å²) in [6.07, 6.45) is 3.55. The second-order valence-electron chi connectivity index (χ2n) is 6.97. The van der Waals surface area contributed by atoms with Crippen molar-refractivity contribution < 1.29 is 4.79 Å². The van der Waals surface area contributed by atoms with Gasteiger partial charge in [-0.2, -0.15) is 5.26 Å². The largest absolute Gasteiger partial charge is 0.342 e. The number of hydrogen-bond donors (Lipinski definition) is 1. The molecular formula is C25H17Cl2N3O. The van der Waals surface area contributed by atoms with Crippen LogP contribution in [0.2, 0.25) is 10.0 Å². The Balaban J connectivity index is 1.69. The van der Waals surface area contributed by atoms with Gasteiger partial charge in [-0.05, 0) is 42.0 Å². The monoisotopic (exact) mass is 445 g/mol. The fourth-order valence-corrected chi connectivity index (χ4v) is 3.70. The summed E-state index contributed by atoms with van der Waals surface area (Å²) in [4.78, 5) is 12.6. The van der Waals surface area contributed by atoms with Crippen LogP contribution < -0.4 is 5.32 Å². The minimum Gasteiger partial charge on any atom is -0.342 e. The number of fused-ring (bicyclic) bond motifs is 1. The van der Waals surface area contributed by atoms with E-state index in [-0.39, 0.29) is 5.57 Å². The minimum atomic E-state index is -0.449. The van der Waals surface area contributed by atoms with Crippen molar-refractivity contribution in [2.75, 3.05) is 5.32 Å². The van der Waals surface area contributed by atoms with Crippen LogP contribution in [0.5, 0.6) is 0 Å². The average Bonchev–Trinajstić information content (AvgIpc) is 3.12. The number of carbonyl (C=O) groups excluding carboxylic acids is 1. The van der Waals surface area contributed by atoms with Crippen molar-refractivity contribution in [2.45, 2.75) is 6.54 Å². The molecule has 0 saturated carbocycles. The molecule has 0 atom stereocenters. The van der Waals surface area contributed by atoms with Crippen LogP contribution in [-0.4, -0.2) is 10.5 Å². The molecule has 0 spiro atoms. The molecule has 0 aliphatic rings. The van der Waals surface area contributed by atoms with E-state index in [1.165, 1.54) is 0 Å². The van der Waals surface area contributed by atoms with Gasteiger partial charge in [-0.25, -0.2) is 0 Å². The number of nitrogens with one attached hydrogen (secondary N) is 1. The highest BCUT2D eigenvalue weighted by Crippen LogP contribution is 2.27. The Hall–Kier alpha value is -3.52. The molecule has 0 aliphatic carbocycles. The van der Waals surface area contributed by atoms with Crippen molar-refractivity contribution in [1.82, 2.24) is 4.57 Å². The number of anilines is 1. The molecule has 0 aliphatic heterocycles. The summed E-state index contributed by atoms with van der Waals surface area (Å²) in [5.41, 5.74) is 3.43. The van der Waals surface area contributed by atoms with Gasteiger partial charge in [-0.3, -0.25) is 4.79 Å². The first-order valence-electron chi connectivity index (χ1n) is 9.55. The lowest BCUT2D eigenvalue weighted by atomic mass is 10.1. The molecule has 0 bridgehead atoms. The number of para-hydroxylation sites is 2. The Bertz CT molecular complexity index is 1330. The second kappa shape index (κ2) is 9.09. The number of amides is 1. The Morgan fingerprint density at radius 3 is 2.48 bits per heavy atom. The van der Waals surface area contributed by atoms with Crippen LogP contribution in [-0.2, 0) is 11.3 Å². The highest BCUT2D eigenvalue weighted by atomic mass is 35.5. The lowest BCUT2D eigenvalue weighted by Crippen LogP contribution is -2.13. The van der Waals surface area contributed by atoms with Crippen LogP contribution in [0.4, 0.5) is 5.69 Å². The molecule has 3 aromatic carbocycles. The van der Waals surface area contributed by atoms with Crippen molar-refractivity contribution in [2.24, 2.45) is 0 Å². The van der Waals surface area contributed by atoms with Gasteiger partial charge in [0.2, 0.25) is 0 Å². The third-order valence-corrected chi connectivity index (χ3v) is 5.59. The van der Waals surface area contributed by atoms with Crippen LogP contribution in [0.3, 0.4) is 0 Å². The standard InChI is InChI=1S/C25H17Cl2N3O/c26-22-11-10-17(12-23(22)27)15-30-16-19(21-8-4-5-9-24(21)30)13-18(14-28)25(31)29-20-6-2-1-3-7-20/h1-13,16H,15H2,(H,29,31)/b18-13+. The summed E-state index contributed by atoms with van der Waals surface area (Å²) in [5, 5.41) is 14.3. The normalized spacial score (nSPS) is 11.3. The van der Waals surface area contributed by atoms with Crippen LogP contribution in [0, 0.1) is 11.3 Å². The fourth-order valence-electron chi connectivity index (χ4n) is 3.38. The van der Waals surface area contributed by atoms with Crippen LogP contribution in [0.25, 0.3) is 17.0 Å². The molecule has 6 heteroatoms. The number of aromatic nitrogens is 1. The van der Waals surface area contributed by atoms with Gasteiger partial charge in [0.05, 0.1) is 10.0 Å². The molecule has 4 aromatic rings. The van der Waals surface area contributed by atoms with Crippen molar-refractivity contribution in [1.29, 1.82) is 5.26 Å². The van der Waals surface area contributed by atoms with Gasteiger partial charge in [0, 0.05) is 34.9 Å². The smallest absolute Gasteiger partial charge is 0.266 e. The summed E-state index contributed by atoms with van der Waals surface area (Å²) in [6.45, 7) is 0.573. The Kier molecular flexibility index (Phi) is 6.08. The number of carbonyl (C=O) groups is 1. The maximum absolute atomic E-state index is 12.6. The van der Waals surface area contributed by atoms with Gasteiger partial charge in [0.25, 0.3) is 5.91 Å². The summed E-state index contributed by atoms with van der Waals surface area (Å²) < 4.78 is 2.06. The maximum Gasteiger partial charge on any atom is 0.266 e. The number of nitrogens with zero attached hydrogens (tertiary/aromatic N) is 2. The average molecular weight is 446 g/mol. The highest BCUT2D eigenvalue weighted by molar-refractivity contribution is 6.42. The number of hydrogen-bond acceptors (Lipinski definition) is 2. The van der Waals surface area contributed by atoms with Gasteiger partial charge in [0.15, 0.2) is 0 Å². The zero-order chi connectivity index (χ0) is 21.8. The van der Waals surface area contributed by atoms with E-state index in [1.807, 2.05) is 66.9 Å². The molecule has 1 heterocycles. The second-order valence-corrected chi connectivity index (χ2v) is 7.78. The molecule has 31 heavy (non-hydrogen) atoms. The SMILES string of the molecule is N#C/C(=C\c1cn(Cc2ccc(Cl)c(Cl)c2)c2ccccc12)C(=O)Nc1ccccc1. The van der Waals surface area contributed by atoms with E-state index in [1.54, 1.807) is 24.3 Å². The molecule has 0 fully saturated rings. The van der Waals surface area contributed by atoms with E-state index < -0.39 is 5.91 Å². The molecule has 152 valence electrons. The van der Waals surface area contributed by atoms with Gasteiger partial charge in [0.1, 0.15) is 11.6 Å².